The van der Waals surface area contributed by atoms with E-state index in [2.05, 4.69) is 16.0 Å². The number of benzene rings is 1. The van der Waals surface area contributed by atoms with Crippen LogP contribution in [0.4, 0.5) is 5.69 Å². The largest absolute Gasteiger partial charge is 0.431 e. The van der Waals surface area contributed by atoms with Crippen LogP contribution in [-0.4, -0.2) is 9.97 Å². The molecule has 0 amide bonds. The van der Waals surface area contributed by atoms with Gasteiger partial charge in [0.05, 0.1) is 0 Å². The van der Waals surface area contributed by atoms with Crippen LogP contribution >= 0.6 is 11.8 Å². The molecule has 5 heteroatoms. The molecule has 0 bridgehead atoms. The summed E-state index contributed by atoms with van der Waals surface area (Å²) in [5.41, 5.74) is 10.3. The third kappa shape index (κ3) is 2.71. The van der Waals surface area contributed by atoms with Gasteiger partial charge in [0.25, 0.3) is 5.22 Å². The number of anilines is 1. The van der Waals surface area contributed by atoms with E-state index in [4.69, 9.17) is 10.2 Å². The fourth-order valence-electron chi connectivity index (χ4n) is 1.83. The van der Waals surface area contributed by atoms with Crippen LogP contribution in [0.1, 0.15) is 11.1 Å². The second-order valence-electron chi connectivity index (χ2n) is 4.37. The van der Waals surface area contributed by atoms with Gasteiger partial charge in [0, 0.05) is 23.8 Å². The van der Waals surface area contributed by atoms with Gasteiger partial charge >= 0.3 is 0 Å². The topological polar surface area (TPSA) is 64.9 Å². The molecule has 0 saturated heterocycles. The number of aryl methyl sites for hydroxylation is 1. The molecule has 1 aromatic carbocycles. The van der Waals surface area contributed by atoms with Crippen molar-refractivity contribution in [3.63, 3.8) is 0 Å². The summed E-state index contributed by atoms with van der Waals surface area (Å²) >= 11 is 1.56. The van der Waals surface area contributed by atoms with Gasteiger partial charge in [0.2, 0.25) is 0 Å². The van der Waals surface area contributed by atoms with Crippen LogP contribution in [0.25, 0.3) is 11.1 Å². The lowest BCUT2D eigenvalue weighted by atomic mass is 10.2. The molecule has 0 saturated carbocycles. The summed E-state index contributed by atoms with van der Waals surface area (Å²) in [5, 5.41) is 0.655. The van der Waals surface area contributed by atoms with E-state index in [0.717, 1.165) is 28.0 Å². The molecule has 3 rings (SSSR count). The van der Waals surface area contributed by atoms with Crippen molar-refractivity contribution in [1.29, 1.82) is 0 Å². The molecule has 0 aliphatic rings. The summed E-state index contributed by atoms with van der Waals surface area (Å²) in [6, 6.07) is 7.58. The third-order valence-electron chi connectivity index (χ3n) is 2.69. The number of pyridine rings is 1. The van der Waals surface area contributed by atoms with Gasteiger partial charge in [-0.05, 0) is 36.2 Å². The quantitative estimate of drug-likeness (QED) is 0.584. The molecule has 0 aliphatic carbocycles. The molecule has 96 valence electrons. The van der Waals surface area contributed by atoms with Gasteiger partial charge in [-0.25, -0.2) is 4.98 Å². The number of nitrogen functional groups attached to an aromatic ring is 1. The van der Waals surface area contributed by atoms with Gasteiger partial charge in [-0.15, -0.1) is 0 Å². The zero-order chi connectivity index (χ0) is 13.2. The van der Waals surface area contributed by atoms with Crippen molar-refractivity contribution < 1.29 is 4.42 Å². The Morgan fingerprint density at radius 3 is 3.00 bits per heavy atom. The highest BCUT2D eigenvalue weighted by atomic mass is 32.2. The summed E-state index contributed by atoms with van der Waals surface area (Å²) in [7, 11) is 0. The number of oxazole rings is 1. The first-order chi connectivity index (χ1) is 9.20. The monoisotopic (exact) mass is 271 g/mol. The summed E-state index contributed by atoms with van der Waals surface area (Å²) in [6.07, 6.45) is 3.71. The Morgan fingerprint density at radius 2 is 2.16 bits per heavy atom. The van der Waals surface area contributed by atoms with E-state index in [1.54, 1.807) is 11.8 Å². The van der Waals surface area contributed by atoms with Crippen molar-refractivity contribution in [1.82, 2.24) is 9.97 Å². The normalized spacial score (nSPS) is 11.0. The molecule has 0 radical (unpaired) electrons. The fourth-order valence-corrected chi connectivity index (χ4v) is 2.59. The van der Waals surface area contributed by atoms with E-state index in [9.17, 15) is 0 Å². The predicted molar refractivity (Wildman–Crippen MR) is 77.0 cm³/mol. The molecule has 0 unspecified atom stereocenters. The van der Waals surface area contributed by atoms with Gasteiger partial charge in [-0.3, -0.25) is 4.98 Å². The average molecular weight is 271 g/mol. The minimum absolute atomic E-state index is 0.655. The first-order valence-corrected chi connectivity index (χ1v) is 6.89. The van der Waals surface area contributed by atoms with Gasteiger partial charge < -0.3 is 10.2 Å². The predicted octanol–water partition coefficient (Wildman–Crippen LogP) is 3.41. The van der Waals surface area contributed by atoms with Crippen LogP contribution in [0.3, 0.4) is 0 Å². The molecule has 2 aromatic heterocycles. The Balaban J connectivity index is 1.78. The van der Waals surface area contributed by atoms with E-state index >= 15 is 0 Å². The van der Waals surface area contributed by atoms with Crippen molar-refractivity contribution in [2.45, 2.75) is 17.9 Å². The molecule has 19 heavy (non-hydrogen) atoms. The maximum absolute atomic E-state index is 5.72. The smallest absolute Gasteiger partial charge is 0.257 e. The van der Waals surface area contributed by atoms with E-state index < -0.39 is 0 Å². The van der Waals surface area contributed by atoms with Gasteiger partial charge in [0.15, 0.2) is 5.58 Å². The number of hydrogen-bond donors (Lipinski definition) is 1. The van der Waals surface area contributed by atoms with Crippen LogP contribution in [0, 0.1) is 6.92 Å². The lowest BCUT2D eigenvalue weighted by Gasteiger charge is -1.98. The number of fused-ring (bicyclic) bond motifs is 1. The average Bonchev–Trinajstić information content (AvgIpc) is 2.78. The molecule has 0 aliphatic heterocycles. The highest BCUT2D eigenvalue weighted by Crippen LogP contribution is 2.27. The number of nitrogens with zero attached hydrogens (tertiary/aromatic N) is 2. The van der Waals surface area contributed by atoms with Gasteiger partial charge in [-0.1, -0.05) is 17.8 Å². The number of hydrogen-bond acceptors (Lipinski definition) is 5. The lowest BCUT2D eigenvalue weighted by Crippen LogP contribution is -1.84. The Hall–Kier alpha value is -2.01. The number of thioether (sulfide) groups is 1. The van der Waals surface area contributed by atoms with Crippen molar-refractivity contribution in [3.8, 4) is 0 Å². The van der Waals surface area contributed by atoms with Gasteiger partial charge in [-0.2, -0.15) is 0 Å². The van der Waals surface area contributed by atoms with E-state index in [1.807, 2.05) is 37.5 Å². The maximum atomic E-state index is 5.72. The summed E-state index contributed by atoms with van der Waals surface area (Å²) in [6.45, 7) is 2.03. The summed E-state index contributed by atoms with van der Waals surface area (Å²) in [5.74, 6) is 0.789. The van der Waals surface area contributed by atoms with E-state index in [-0.39, 0.29) is 0 Å². The second kappa shape index (κ2) is 4.93. The third-order valence-corrected chi connectivity index (χ3v) is 3.59. The first kappa shape index (κ1) is 12.0. The van der Waals surface area contributed by atoms with Crippen molar-refractivity contribution in [2.24, 2.45) is 0 Å². The molecular formula is C14H13N3OS. The minimum atomic E-state index is 0.655. The van der Waals surface area contributed by atoms with Gasteiger partial charge in [0.1, 0.15) is 5.52 Å². The lowest BCUT2D eigenvalue weighted by molar-refractivity contribution is 0.489. The van der Waals surface area contributed by atoms with Crippen LogP contribution < -0.4 is 5.73 Å². The van der Waals surface area contributed by atoms with E-state index in [1.165, 1.54) is 0 Å². The SMILES string of the molecule is Cc1cncc(CSc2nc3cc(N)ccc3o2)c1. The number of nitrogens with two attached hydrogens (primary N) is 1. The molecule has 2 heterocycles. The molecular weight excluding hydrogens is 258 g/mol. The Labute approximate surface area is 115 Å². The molecule has 0 atom stereocenters. The van der Waals surface area contributed by atoms with Crippen molar-refractivity contribution >= 4 is 28.5 Å². The highest BCUT2D eigenvalue weighted by Gasteiger charge is 2.07. The van der Waals surface area contributed by atoms with Crippen LogP contribution in [0.5, 0.6) is 0 Å². The summed E-state index contributed by atoms with van der Waals surface area (Å²) in [4.78, 5) is 8.58. The number of rotatable bonds is 3. The Morgan fingerprint density at radius 1 is 1.26 bits per heavy atom. The molecule has 2 N–H and O–H groups in total. The minimum Gasteiger partial charge on any atom is -0.431 e. The standard InChI is InChI=1S/C14H13N3OS/c1-9-4-10(7-16-6-9)8-19-14-17-12-5-11(15)2-3-13(12)18-14/h2-7H,8,15H2,1H3. The fraction of sp³-hybridized carbons (Fsp3) is 0.143. The van der Waals surface area contributed by atoms with Crippen LogP contribution in [0.2, 0.25) is 0 Å². The zero-order valence-electron chi connectivity index (χ0n) is 10.5. The second-order valence-corrected chi connectivity index (χ2v) is 5.29. The van der Waals surface area contributed by atoms with E-state index in [0.29, 0.717) is 10.9 Å². The highest BCUT2D eigenvalue weighted by molar-refractivity contribution is 7.98. The summed E-state index contributed by atoms with van der Waals surface area (Å²) < 4.78 is 5.65. The maximum Gasteiger partial charge on any atom is 0.257 e. The van der Waals surface area contributed by atoms with Crippen molar-refractivity contribution in [3.05, 3.63) is 47.8 Å². The zero-order valence-corrected chi connectivity index (χ0v) is 11.3. The molecule has 0 spiro atoms. The Bertz CT molecular complexity index is 724. The molecule has 3 aromatic rings. The Kier molecular flexibility index (Phi) is 3.13. The van der Waals surface area contributed by atoms with Crippen LogP contribution in [-0.2, 0) is 5.75 Å². The molecule has 4 nitrogen and oxygen atoms in total. The molecule has 0 fully saturated rings. The van der Waals surface area contributed by atoms with Crippen molar-refractivity contribution in [2.75, 3.05) is 5.73 Å². The van der Waals surface area contributed by atoms with Crippen LogP contribution in [0.15, 0.2) is 46.3 Å². The number of aromatic nitrogens is 2. The first-order valence-electron chi connectivity index (χ1n) is 5.90.